The molecule has 5 heteroatoms. The maximum atomic E-state index is 11.0. The van der Waals surface area contributed by atoms with E-state index >= 15 is 0 Å². The molecular weight excluding hydrogens is 396 g/mol. The molecule has 3 aromatic carbocycles. The van der Waals surface area contributed by atoms with Gasteiger partial charge in [-0.1, -0.05) is 80.1 Å². The molecule has 1 aromatic heterocycles. The molecule has 32 heavy (non-hydrogen) atoms. The maximum absolute atomic E-state index is 11.0. The van der Waals surface area contributed by atoms with Crippen LogP contribution in [0.25, 0.3) is 22.6 Å². The highest BCUT2D eigenvalue weighted by Crippen LogP contribution is 2.37. The second kappa shape index (κ2) is 10.6. The summed E-state index contributed by atoms with van der Waals surface area (Å²) in [5.74, 6) is 0.931. The van der Waals surface area contributed by atoms with Gasteiger partial charge in [-0.25, -0.2) is 9.97 Å². The molecule has 0 radical (unpaired) electrons. The van der Waals surface area contributed by atoms with Gasteiger partial charge in [-0.2, -0.15) is 0 Å². The lowest BCUT2D eigenvalue weighted by Crippen LogP contribution is -2.02. The van der Waals surface area contributed by atoms with Gasteiger partial charge in [-0.3, -0.25) is 0 Å². The number of aromatic hydroxyl groups is 1. The van der Waals surface area contributed by atoms with E-state index in [1.807, 2.05) is 100 Å². The van der Waals surface area contributed by atoms with Crippen molar-refractivity contribution < 1.29 is 5.11 Å². The van der Waals surface area contributed by atoms with Crippen molar-refractivity contribution in [2.24, 2.45) is 5.73 Å². The van der Waals surface area contributed by atoms with Crippen molar-refractivity contribution in [3.05, 3.63) is 89.5 Å². The fourth-order valence-corrected chi connectivity index (χ4v) is 3.26. The van der Waals surface area contributed by atoms with E-state index in [9.17, 15) is 5.11 Å². The Morgan fingerprint density at radius 2 is 1.50 bits per heavy atom. The van der Waals surface area contributed by atoms with Crippen molar-refractivity contribution in [3.8, 4) is 28.4 Å². The Bertz CT molecular complexity index is 1170. The average molecular weight is 427 g/mol. The van der Waals surface area contributed by atoms with E-state index in [4.69, 9.17) is 10.7 Å². The van der Waals surface area contributed by atoms with E-state index in [1.165, 1.54) is 0 Å². The molecule has 4 aromatic rings. The summed E-state index contributed by atoms with van der Waals surface area (Å²) in [4.78, 5) is 9.36. The normalized spacial score (nSPS) is 10.3. The summed E-state index contributed by atoms with van der Waals surface area (Å²) in [6, 6.07) is 23.6. The van der Waals surface area contributed by atoms with Crippen molar-refractivity contribution in [1.82, 2.24) is 9.97 Å². The molecule has 0 aliphatic rings. The first-order chi connectivity index (χ1) is 15.5. The summed E-state index contributed by atoms with van der Waals surface area (Å²) in [7, 11) is 0. The van der Waals surface area contributed by atoms with E-state index in [2.05, 4.69) is 10.3 Å². The first-order valence-corrected chi connectivity index (χ1v) is 10.8. The first-order valence-electron chi connectivity index (χ1n) is 10.8. The molecule has 4 rings (SSSR count). The Morgan fingerprint density at radius 3 is 2.12 bits per heavy atom. The molecule has 0 amide bonds. The second-order valence-electron chi connectivity index (χ2n) is 7.30. The summed E-state index contributed by atoms with van der Waals surface area (Å²) in [5.41, 5.74) is 12.0. The van der Waals surface area contributed by atoms with Crippen LogP contribution in [0.2, 0.25) is 0 Å². The molecule has 0 aliphatic carbocycles. The van der Waals surface area contributed by atoms with Crippen molar-refractivity contribution in [2.75, 3.05) is 5.32 Å². The van der Waals surface area contributed by atoms with Gasteiger partial charge < -0.3 is 16.2 Å². The topological polar surface area (TPSA) is 84.1 Å². The van der Waals surface area contributed by atoms with E-state index in [0.717, 1.165) is 33.5 Å². The van der Waals surface area contributed by atoms with Gasteiger partial charge in [-0.15, -0.1) is 0 Å². The zero-order valence-electron chi connectivity index (χ0n) is 19.1. The monoisotopic (exact) mass is 426 g/mol. The minimum atomic E-state index is 0.0130. The van der Waals surface area contributed by atoms with Crippen LogP contribution in [-0.4, -0.2) is 15.1 Å². The van der Waals surface area contributed by atoms with Gasteiger partial charge >= 0.3 is 0 Å². The van der Waals surface area contributed by atoms with Crippen LogP contribution in [0.5, 0.6) is 5.75 Å². The number of benzene rings is 3. The van der Waals surface area contributed by atoms with Crippen LogP contribution in [0.1, 0.15) is 30.5 Å². The minimum absolute atomic E-state index is 0.0130. The van der Waals surface area contributed by atoms with Crippen molar-refractivity contribution in [3.63, 3.8) is 0 Å². The van der Waals surface area contributed by atoms with Crippen LogP contribution in [0.15, 0.2) is 72.8 Å². The third-order valence-corrected chi connectivity index (χ3v) is 5.05. The Kier molecular flexibility index (Phi) is 7.58. The van der Waals surface area contributed by atoms with Crippen molar-refractivity contribution >= 4 is 11.5 Å². The standard InChI is InChI=1S/C25H24N4O.C2H6/c1-16-7-11-19(12-8-16)22-23(30)25(27-20-13-9-18(15-26)10-14-20)29-24(28-22)21-6-4-3-5-17(21)2;1-2/h3-14,30H,15,26H2,1-2H3,(H,27,28,29);1-2H3. The highest BCUT2D eigenvalue weighted by atomic mass is 16.3. The number of nitrogens with zero attached hydrogens (tertiary/aromatic N) is 2. The van der Waals surface area contributed by atoms with E-state index in [-0.39, 0.29) is 5.75 Å². The summed E-state index contributed by atoms with van der Waals surface area (Å²) in [6.45, 7) is 8.53. The highest BCUT2D eigenvalue weighted by Gasteiger charge is 2.17. The first kappa shape index (κ1) is 23.0. The number of nitrogens with two attached hydrogens (primary N) is 1. The Hall–Kier alpha value is -3.70. The Morgan fingerprint density at radius 1 is 0.844 bits per heavy atom. The highest BCUT2D eigenvalue weighted by molar-refractivity contribution is 5.78. The Labute approximate surface area is 190 Å². The van der Waals surface area contributed by atoms with Gasteiger partial charge in [0.15, 0.2) is 17.4 Å². The number of hydrogen-bond acceptors (Lipinski definition) is 5. The summed E-state index contributed by atoms with van der Waals surface area (Å²) in [6.07, 6.45) is 0. The van der Waals surface area contributed by atoms with Gasteiger partial charge in [-0.05, 0) is 37.1 Å². The van der Waals surface area contributed by atoms with Crippen molar-refractivity contribution in [2.45, 2.75) is 34.2 Å². The molecule has 0 aliphatic heterocycles. The van der Waals surface area contributed by atoms with Crippen LogP contribution < -0.4 is 11.1 Å². The zero-order chi connectivity index (χ0) is 23.1. The largest absolute Gasteiger partial charge is 0.503 e. The molecule has 164 valence electrons. The van der Waals surface area contributed by atoms with E-state index < -0.39 is 0 Å². The predicted octanol–water partition coefficient (Wildman–Crippen LogP) is 6.36. The van der Waals surface area contributed by atoms with Crippen LogP contribution >= 0.6 is 0 Å². The third kappa shape index (κ3) is 5.13. The molecule has 0 saturated heterocycles. The number of hydrogen-bond donors (Lipinski definition) is 3. The zero-order valence-corrected chi connectivity index (χ0v) is 19.1. The van der Waals surface area contributed by atoms with Gasteiger partial charge in [0, 0.05) is 23.4 Å². The molecule has 0 fully saturated rings. The lowest BCUT2D eigenvalue weighted by atomic mass is 10.1. The quantitative estimate of drug-likeness (QED) is 0.346. The molecule has 4 N–H and O–H groups in total. The SMILES string of the molecule is CC.Cc1ccc(-c2nc(-c3ccccc3C)nc(Nc3ccc(CN)cc3)c2O)cc1. The van der Waals surface area contributed by atoms with Crippen LogP contribution in [-0.2, 0) is 6.54 Å². The molecule has 0 saturated carbocycles. The number of aryl methyl sites for hydroxylation is 2. The second-order valence-corrected chi connectivity index (χ2v) is 7.30. The molecule has 0 atom stereocenters. The third-order valence-electron chi connectivity index (χ3n) is 5.05. The average Bonchev–Trinajstić information content (AvgIpc) is 2.83. The van der Waals surface area contributed by atoms with E-state index in [1.54, 1.807) is 0 Å². The molecule has 0 bridgehead atoms. The smallest absolute Gasteiger partial charge is 0.185 e. The Balaban J connectivity index is 0.00000141. The van der Waals surface area contributed by atoms with Crippen LogP contribution in [0.4, 0.5) is 11.5 Å². The summed E-state index contributed by atoms with van der Waals surface area (Å²) >= 11 is 0. The molecule has 0 unspecified atom stereocenters. The fraction of sp³-hybridized carbons (Fsp3) is 0.185. The van der Waals surface area contributed by atoms with E-state index in [0.29, 0.717) is 23.9 Å². The predicted molar refractivity (Wildman–Crippen MR) is 133 cm³/mol. The molecule has 1 heterocycles. The van der Waals surface area contributed by atoms with Crippen LogP contribution in [0.3, 0.4) is 0 Å². The van der Waals surface area contributed by atoms with Gasteiger partial charge in [0.25, 0.3) is 0 Å². The summed E-state index contributed by atoms with van der Waals surface area (Å²) < 4.78 is 0. The number of aromatic nitrogens is 2. The molecule has 5 nitrogen and oxygen atoms in total. The lowest BCUT2D eigenvalue weighted by Gasteiger charge is -2.14. The van der Waals surface area contributed by atoms with Gasteiger partial charge in [0.05, 0.1) is 0 Å². The number of nitrogens with one attached hydrogen (secondary N) is 1. The fourth-order valence-electron chi connectivity index (χ4n) is 3.26. The lowest BCUT2D eigenvalue weighted by molar-refractivity contribution is 0.475. The number of rotatable bonds is 5. The molecule has 0 spiro atoms. The van der Waals surface area contributed by atoms with Crippen molar-refractivity contribution in [1.29, 1.82) is 0 Å². The minimum Gasteiger partial charge on any atom is -0.503 e. The van der Waals surface area contributed by atoms with Gasteiger partial charge in [0.1, 0.15) is 5.69 Å². The maximum Gasteiger partial charge on any atom is 0.185 e. The van der Waals surface area contributed by atoms with Gasteiger partial charge in [0.2, 0.25) is 0 Å². The molecular formula is C27H30N4O. The summed E-state index contributed by atoms with van der Waals surface area (Å²) in [5, 5.41) is 14.2. The van der Waals surface area contributed by atoms with Crippen LogP contribution in [0, 0.1) is 13.8 Å². The number of anilines is 2.